The second-order valence-corrected chi connectivity index (χ2v) is 8.23. The maximum atomic E-state index is 5.18. The van der Waals surface area contributed by atoms with Crippen LogP contribution in [0.1, 0.15) is 33.1 Å². The van der Waals surface area contributed by atoms with Gasteiger partial charge in [-0.05, 0) is 45.2 Å². The third-order valence-corrected chi connectivity index (χ3v) is 6.42. The molecule has 0 aromatic carbocycles. The first-order chi connectivity index (χ1) is 11.8. The van der Waals surface area contributed by atoms with Crippen LogP contribution in [-0.2, 0) is 4.74 Å². The van der Waals surface area contributed by atoms with E-state index in [4.69, 9.17) is 9.73 Å². The zero-order valence-corrected chi connectivity index (χ0v) is 16.6. The zero-order valence-electron chi connectivity index (χ0n) is 15.8. The van der Waals surface area contributed by atoms with Crippen LogP contribution in [0.5, 0.6) is 0 Å². The number of rotatable bonds is 7. The van der Waals surface area contributed by atoms with Gasteiger partial charge in [0, 0.05) is 50.8 Å². The Morgan fingerprint density at radius 1 is 1.25 bits per heavy atom. The summed E-state index contributed by atoms with van der Waals surface area (Å²) in [5.74, 6) is 3.09. The SMILES string of the molecule is CCNC(=NCC1CCN(CCOC)CC1)N1CCSC(CC)C1. The Balaban J connectivity index is 1.81. The molecule has 0 bridgehead atoms. The summed E-state index contributed by atoms with van der Waals surface area (Å²) in [7, 11) is 1.78. The van der Waals surface area contributed by atoms with Gasteiger partial charge in [0.2, 0.25) is 0 Å². The maximum Gasteiger partial charge on any atom is 0.193 e. The van der Waals surface area contributed by atoms with Crippen molar-refractivity contribution in [2.75, 3.05) is 65.3 Å². The lowest BCUT2D eigenvalue weighted by molar-refractivity contribution is 0.121. The molecule has 2 fully saturated rings. The van der Waals surface area contributed by atoms with E-state index >= 15 is 0 Å². The van der Waals surface area contributed by atoms with Gasteiger partial charge in [0.25, 0.3) is 0 Å². The first kappa shape index (κ1) is 19.9. The summed E-state index contributed by atoms with van der Waals surface area (Å²) in [6, 6.07) is 0. The molecule has 2 aliphatic heterocycles. The lowest BCUT2D eigenvalue weighted by atomic mass is 9.97. The van der Waals surface area contributed by atoms with Crippen molar-refractivity contribution in [2.24, 2.45) is 10.9 Å². The number of thioether (sulfide) groups is 1. The average molecular weight is 357 g/mol. The fourth-order valence-corrected chi connectivity index (χ4v) is 4.59. The van der Waals surface area contributed by atoms with E-state index in [1.807, 2.05) is 0 Å². The van der Waals surface area contributed by atoms with E-state index in [1.165, 1.54) is 38.1 Å². The molecule has 5 nitrogen and oxygen atoms in total. The summed E-state index contributed by atoms with van der Waals surface area (Å²) in [4.78, 5) is 9.99. The smallest absolute Gasteiger partial charge is 0.193 e. The average Bonchev–Trinajstić information content (AvgIpc) is 2.64. The van der Waals surface area contributed by atoms with Crippen LogP contribution in [0.25, 0.3) is 0 Å². The molecule has 1 atom stereocenters. The van der Waals surface area contributed by atoms with E-state index in [0.717, 1.165) is 56.5 Å². The largest absolute Gasteiger partial charge is 0.383 e. The molecule has 2 saturated heterocycles. The summed E-state index contributed by atoms with van der Waals surface area (Å²) < 4.78 is 5.18. The highest BCUT2D eigenvalue weighted by Crippen LogP contribution is 2.22. The van der Waals surface area contributed by atoms with Crippen LogP contribution in [0, 0.1) is 5.92 Å². The minimum Gasteiger partial charge on any atom is -0.383 e. The topological polar surface area (TPSA) is 40.1 Å². The molecule has 1 N–H and O–H groups in total. The Morgan fingerprint density at radius 2 is 2.04 bits per heavy atom. The number of guanidine groups is 1. The summed E-state index contributed by atoms with van der Waals surface area (Å²) in [5.41, 5.74) is 0. The van der Waals surface area contributed by atoms with Crippen LogP contribution in [0.2, 0.25) is 0 Å². The van der Waals surface area contributed by atoms with E-state index in [9.17, 15) is 0 Å². The molecule has 6 heteroatoms. The monoisotopic (exact) mass is 356 g/mol. The predicted octanol–water partition coefficient (Wildman–Crippen LogP) is 2.14. The molecule has 1 unspecified atom stereocenters. The van der Waals surface area contributed by atoms with E-state index in [1.54, 1.807) is 7.11 Å². The number of nitrogens with one attached hydrogen (secondary N) is 1. The van der Waals surface area contributed by atoms with Crippen molar-refractivity contribution >= 4 is 17.7 Å². The van der Waals surface area contributed by atoms with Crippen LogP contribution in [0.15, 0.2) is 4.99 Å². The highest BCUT2D eigenvalue weighted by atomic mass is 32.2. The molecule has 2 heterocycles. The van der Waals surface area contributed by atoms with Crippen molar-refractivity contribution in [3.05, 3.63) is 0 Å². The number of ether oxygens (including phenoxy) is 1. The van der Waals surface area contributed by atoms with Crippen molar-refractivity contribution in [2.45, 2.75) is 38.4 Å². The van der Waals surface area contributed by atoms with Crippen LogP contribution in [0.4, 0.5) is 0 Å². The van der Waals surface area contributed by atoms with Gasteiger partial charge in [-0.2, -0.15) is 11.8 Å². The Labute approximate surface area is 152 Å². The normalized spacial score (nSPS) is 24.4. The van der Waals surface area contributed by atoms with Gasteiger partial charge in [0.05, 0.1) is 6.61 Å². The molecule has 2 rings (SSSR count). The van der Waals surface area contributed by atoms with E-state index < -0.39 is 0 Å². The lowest BCUT2D eigenvalue weighted by Gasteiger charge is -2.35. The molecule has 0 radical (unpaired) electrons. The number of hydrogen-bond acceptors (Lipinski definition) is 4. The van der Waals surface area contributed by atoms with Gasteiger partial charge in [-0.3, -0.25) is 4.99 Å². The van der Waals surface area contributed by atoms with Gasteiger partial charge in [-0.15, -0.1) is 0 Å². The fraction of sp³-hybridized carbons (Fsp3) is 0.944. The van der Waals surface area contributed by atoms with Crippen molar-refractivity contribution in [1.29, 1.82) is 0 Å². The first-order valence-corrected chi connectivity index (χ1v) is 10.7. The van der Waals surface area contributed by atoms with Crippen molar-refractivity contribution < 1.29 is 4.74 Å². The zero-order chi connectivity index (χ0) is 17.2. The summed E-state index contributed by atoms with van der Waals surface area (Å²) in [6.45, 7) is 13.0. The maximum absolute atomic E-state index is 5.18. The van der Waals surface area contributed by atoms with Crippen LogP contribution < -0.4 is 5.32 Å². The Hall–Kier alpha value is -0.460. The molecular weight excluding hydrogens is 320 g/mol. The highest BCUT2D eigenvalue weighted by molar-refractivity contribution is 8.00. The molecule has 0 amide bonds. The van der Waals surface area contributed by atoms with Gasteiger partial charge in [-0.1, -0.05) is 6.92 Å². The minimum atomic E-state index is 0.735. The standard InChI is InChI=1S/C18H36N4OS/c1-4-17-15-22(11-13-24-17)18(19-5-2)20-14-16-6-8-21(9-7-16)10-12-23-3/h16-17H,4-15H2,1-3H3,(H,19,20). The quantitative estimate of drug-likeness (QED) is 0.559. The molecule has 0 aromatic rings. The number of piperidine rings is 1. The fourth-order valence-electron chi connectivity index (χ4n) is 3.41. The molecule has 140 valence electrons. The molecule has 0 aromatic heterocycles. The Morgan fingerprint density at radius 3 is 2.71 bits per heavy atom. The number of methoxy groups -OCH3 is 1. The van der Waals surface area contributed by atoms with Gasteiger partial charge in [-0.25, -0.2) is 0 Å². The summed E-state index contributed by atoms with van der Waals surface area (Å²) in [5, 5.41) is 4.27. The first-order valence-electron chi connectivity index (χ1n) is 9.62. The van der Waals surface area contributed by atoms with E-state index in [0.29, 0.717) is 0 Å². The second-order valence-electron chi connectivity index (χ2n) is 6.82. The number of nitrogens with zero attached hydrogens (tertiary/aromatic N) is 3. The van der Waals surface area contributed by atoms with Gasteiger partial charge < -0.3 is 19.9 Å². The second kappa shape index (κ2) is 11.2. The van der Waals surface area contributed by atoms with Gasteiger partial charge in [0.1, 0.15) is 0 Å². The number of hydrogen-bond donors (Lipinski definition) is 1. The number of likely N-dealkylation sites (tertiary alicyclic amines) is 1. The predicted molar refractivity (Wildman–Crippen MR) is 105 cm³/mol. The van der Waals surface area contributed by atoms with Gasteiger partial charge in [0.15, 0.2) is 5.96 Å². The van der Waals surface area contributed by atoms with Gasteiger partial charge >= 0.3 is 0 Å². The van der Waals surface area contributed by atoms with E-state index in [-0.39, 0.29) is 0 Å². The minimum absolute atomic E-state index is 0.735. The van der Waals surface area contributed by atoms with Crippen LogP contribution >= 0.6 is 11.8 Å². The third-order valence-electron chi connectivity index (χ3n) is 5.05. The van der Waals surface area contributed by atoms with Crippen LogP contribution in [0.3, 0.4) is 0 Å². The van der Waals surface area contributed by atoms with Crippen molar-refractivity contribution in [1.82, 2.24) is 15.1 Å². The summed E-state index contributed by atoms with van der Waals surface area (Å²) in [6.07, 6.45) is 3.78. The Bertz CT molecular complexity index is 372. The molecule has 2 aliphatic rings. The number of aliphatic imine (C=N–C) groups is 1. The molecule has 0 aliphatic carbocycles. The third kappa shape index (κ3) is 6.45. The molecule has 24 heavy (non-hydrogen) atoms. The van der Waals surface area contributed by atoms with Crippen LogP contribution in [-0.4, -0.2) is 86.3 Å². The van der Waals surface area contributed by atoms with Crippen molar-refractivity contribution in [3.8, 4) is 0 Å². The molecule has 0 spiro atoms. The van der Waals surface area contributed by atoms with Crippen molar-refractivity contribution in [3.63, 3.8) is 0 Å². The highest BCUT2D eigenvalue weighted by Gasteiger charge is 2.23. The summed E-state index contributed by atoms with van der Waals surface area (Å²) >= 11 is 2.12. The Kier molecular flexibility index (Phi) is 9.28. The van der Waals surface area contributed by atoms with E-state index in [2.05, 4.69) is 40.7 Å². The molecule has 0 saturated carbocycles. The molecular formula is C18H36N4OS. The lowest BCUT2D eigenvalue weighted by Crippen LogP contribution is -2.48.